The Morgan fingerprint density at radius 1 is 1.26 bits per heavy atom. The van der Waals surface area contributed by atoms with E-state index in [1.807, 2.05) is 11.4 Å². The van der Waals surface area contributed by atoms with Gasteiger partial charge in [-0.25, -0.2) is 4.79 Å². The van der Waals surface area contributed by atoms with Crippen LogP contribution in [0.25, 0.3) is 6.08 Å². The molecule has 0 unspecified atom stereocenters. The highest BCUT2D eigenvalue weighted by Gasteiger charge is 2.15. The summed E-state index contributed by atoms with van der Waals surface area (Å²) in [7, 11) is 0. The normalized spacial score (nSPS) is 13.4. The van der Waals surface area contributed by atoms with Crippen LogP contribution >= 0.6 is 22.9 Å². The molecule has 0 atom stereocenters. The van der Waals surface area contributed by atoms with Gasteiger partial charge in [0.1, 0.15) is 0 Å². The van der Waals surface area contributed by atoms with Crippen molar-refractivity contribution in [1.29, 1.82) is 0 Å². The first kappa shape index (κ1) is 19.5. The average Bonchev–Trinajstić information content (AvgIpc) is 3.09. The van der Waals surface area contributed by atoms with Crippen molar-refractivity contribution in [2.75, 3.05) is 19.8 Å². The molecule has 2 aromatic rings. The molecule has 0 bridgehead atoms. The molecule has 1 aromatic heterocycles. The van der Waals surface area contributed by atoms with Crippen LogP contribution in [0.4, 0.5) is 0 Å². The zero-order chi connectivity index (χ0) is 19.1. The van der Waals surface area contributed by atoms with Gasteiger partial charge in [0.25, 0.3) is 0 Å². The predicted molar refractivity (Wildman–Crippen MR) is 105 cm³/mol. The van der Waals surface area contributed by atoms with E-state index >= 15 is 0 Å². The summed E-state index contributed by atoms with van der Waals surface area (Å²) in [6, 6.07) is 7.12. The second-order valence-corrected chi connectivity index (χ2v) is 7.24. The van der Waals surface area contributed by atoms with E-state index in [4.69, 9.17) is 25.8 Å². The molecule has 1 aliphatic rings. The van der Waals surface area contributed by atoms with Crippen molar-refractivity contribution in [3.05, 3.63) is 51.2 Å². The zero-order valence-corrected chi connectivity index (χ0v) is 16.2. The smallest absolute Gasteiger partial charge is 0.330 e. The molecule has 7 heteroatoms. The number of ether oxygens (including phenoxy) is 3. The van der Waals surface area contributed by atoms with Crippen molar-refractivity contribution in [2.45, 2.75) is 19.3 Å². The highest BCUT2D eigenvalue weighted by atomic mass is 35.5. The highest BCUT2D eigenvalue weighted by molar-refractivity contribution is 7.12. The van der Waals surface area contributed by atoms with Crippen LogP contribution in [-0.2, 0) is 9.53 Å². The molecule has 1 aromatic carbocycles. The Kier molecular flexibility index (Phi) is 6.90. The SMILES string of the molecule is O=C(/C=C/c1cc(Cl)c2c(c1)OCCCO2)OCCCC(=O)c1cccs1. The Balaban J connectivity index is 1.47. The van der Waals surface area contributed by atoms with E-state index in [9.17, 15) is 9.59 Å². The van der Waals surface area contributed by atoms with Crippen LogP contribution in [0.1, 0.15) is 34.5 Å². The number of benzene rings is 1. The standard InChI is InChI=1S/C20H19ClO5S/c21-15-12-14(13-17-20(15)26-10-3-9-24-17)6-7-19(23)25-8-1-4-16(22)18-5-2-11-27-18/h2,5-7,11-13H,1,3-4,8-10H2/b7-6+. The van der Waals surface area contributed by atoms with E-state index in [1.54, 1.807) is 24.3 Å². The maximum Gasteiger partial charge on any atom is 0.330 e. The van der Waals surface area contributed by atoms with Crippen LogP contribution in [0.2, 0.25) is 5.02 Å². The van der Waals surface area contributed by atoms with Crippen molar-refractivity contribution >= 4 is 40.8 Å². The molecule has 2 heterocycles. The van der Waals surface area contributed by atoms with Gasteiger partial charge in [0.2, 0.25) is 0 Å². The number of carbonyl (C=O) groups is 2. The summed E-state index contributed by atoms with van der Waals surface area (Å²) in [5, 5.41) is 2.30. The van der Waals surface area contributed by atoms with E-state index in [-0.39, 0.29) is 12.4 Å². The van der Waals surface area contributed by atoms with Crippen LogP contribution in [0.5, 0.6) is 11.5 Å². The molecule has 0 amide bonds. The van der Waals surface area contributed by atoms with E-state index < -0.39 is 5.97 Å². The second-order valence-electron chi connectivity index (χ2n) is 5.89. The van der Waals surface area contributed by atoms with Gasteiger partial charge in [-0.1, -0.05) is 17.7 Å². The maximum atomic E-state index is 11.9. The summed E-state index contributed by atoms with van der Waals surface area (Å²) < 4.78 is 16.3. The van der Waals surface area contributed by atoms with Gasteiger partial charge in [0.05, 0.1) is 29.7 Å². The van der Waals surface area contributed by atoms with Gasteiger partial charge in [-0.3, -0.25) is 4.79 Å². The molecule has 1 aliphatic heterocycles. The van der Waals surface area contributed by atoms with Crippen molar-refractivity contribution in [1.82, 2.24) is 0 Å². The molecule has 0 N–H and O–H groups in total. The first-order valence-electron chi connectivity index (χ1n) is 8.64. The number of fused-ring (bicyclic) bond motifs is 1. The molecule has 3 rings (SSSR count). The third kappa shape index (κ3) is 5.58. The fourth-order valence-electron chi connectivity index (χ4n) is 2.53. The zero-order valence-electron chi connectivity index (χ0n) is 14.6. The van der Waals surface area contributed by atoms with Crippen LogP contribution in [0, 0.1) is 0 Å². The third-order valence-corrected chi connectivity index (χ3v) is 5.02. The Labute approximate surface area is 166 Å². The van der Waals surface area contributed by atoms with Gasteiger partial charge in [-0.05, 0) is 41.6 Å². The molecular weight excluding hydrogens is 388 g/mol. The first-order valence-corrected chi connectivity index (χ1v) is 9.90. The number of halogens is 1. The Morgan fingerprint density at radius 3 is 2.93 bits per heavy atom. The number of hydrogen-bond donors (Lipinski definition) is 0. The summed E-state index contributed by atoms with van der Waals surface area (Å²) in [6.07, 6.45) is 4.58. The molecule has 5 nitrogen and oxygen atoms in total. The lowest BCUT2D eigenvalue weighted by Crippen LogP contribution is -2.05. The highest BCUT2D eigenvalue weighted by Crippen LogP contribution is 2.38. The lowest BCUT2D eigenvalue weighted by Gasteiger charge is -2.09. The molecular formula is C20H19ClO5S. The predicted octanol–water partition coefficient (Wildman–Crippen LogP) is 4.78. The number of Topliss-reactive ketones (excluding diaryl/α,β-unsaturated/α-hetero) is 1. The Morgan fingerprint density at radius 2 is 2.11 bits per heavy atom. The Hall–Kier alpha value is -2.31. The lowest BCUT2D eigenvalue weighted by atomic mass is 10.2. The third-order valence-electron chi connectivity index (χ3n) is 3.82. The molecule has 27 heavy (non-hydrogen) atoms. The van der Waals surface area contributed by atoms with Gasteiger partial charge in [0.15, 0.2) is 17.3 Å². The number of ketones is 1. The van der Waals surface area contributed by atoms with E-state index in [0.717, 1.165) is 11.3 Å². The average molecular weight is 407 g/mol. The van der Waals surface area contributed by atoms with Gasteiger partial charge in [-0.2, -0.15) is 0 Å². The minimum Gasteiger partial charge on any atom is -0.489 e. The molecule has 0 saturated carbocycles. The quantitative estimate of drug-likeness (QED) is 0.286. The van der Waals surface area contributed by atoms with Crippen LogP contribution < -0.4 is 9.47 Å². The summed E-state index contributed by atoms with van der Waals surface area (Å²) >= 11 is 7.64. The van der Waals surface area contributed by atoms with Crippen LogP contribution in [0.15, 0.2) is 35.7 Å². The summed E-state index contributed by atoms with van der Waals surface area (Å²) in [5.41, 5.74) is 0.717. The van der Waals surface area contributed by atoms with E-state index in [0.29, 0.717) is 48.1 Å². The van der Waals surface area contributed by atoms with E-state index in [1.165, 1.54) is 17.4 Å². The number of esters is 1. The topological polar surface area (TPSA) is 61.8 Å². The summed E-state index contributed by atoms with van der Waals surface area (Å²) in [4.78, 5) is 24.4. The lowest BCUT2D eigenvalue weighted by molar-refractivity contribution is -0.137. The van der Waals surface area contributed by atoms with Crippen molar-refractivity contribution in [2.24, 2.45) is 0 Å². The molecule has 0 saturated heterocycles. The van der Waals surface area contributed by atoms with Crippen LogP contribution in [0.3, 0.4) is 0 Å². The largest absolute Gasteiger partial charge is 0.489 e. The number of carbonyl (C=O) groups excluding carboxylic acids is 2. The first-order chi connectivity index (χ1) is 13.1. The molecule has 0 fully saturated rings. The number of hydrogen-bond acceptors (Lipinski definition) is 6. The molecule has 0 radical (unpaired) electrons. The number of rotatable bonds is 7. The maximum absolute atomic E-state index is 11.9. The van der Waals surface area contributed by atoms with Crippen molar-refractivity contribution in [3.8, 4) is 11.5 Å². The minimum absolute atomic E-state index is 0.0680. The van der Waals surface area contributed by atoms with Gasteiger partial charge in [0, 0.05) is 18.9 Å². The summed E-state index contributed by atoms with van der Waals surface area (Å²) in [6.45, 7) is 1.31. The summed E-state index contributed by atoms with van der Waals surface area (Å²) in [5.74, 6) is 0.699. The monoisotopic (exact) mass is 406 g/mol. The van der Waals surface area contributed by atoms with Gasteiger partial charge in [-0.15, -0.1) is 11.3 Å². The fraction of sp³-hybridized carbons (Fsp3) is 0.300. The van der Waals surface area contributed by atoms with Crippen LogP contribution in [-0.4, -0.2) is 31.6 Å². The molecule has 142 valence electrons. The fourth-order valence-corrected chi connectivity index (χ4v) is 3.49. The van der Waals surface area contributed by atoms with Gasteiger partial charge >= 0.3 is 5.97 Å². The minimum atomic E-state index is -0.471. The van der Waals surface area contributed by atoms with Gasteiger partial charge < -0.3 is 14.2 Å². The molecule has 0 spiro atoms. The number of thiophene rings is 1. The van der Waals surface area contributed by atoms with E-state index in [2.05, 4.69) is 0 Å². The van der Waals surface area contributed by atoms with Crippen molar-refractivity contribution in [3.63, 3.8) is 0 Å². The second kappa shape index (κ2) is 9.58. The van der Waals surface area contributed by atoms with Crippen molar-refractivity contribution < 1.29 is 23.8 Å². The Bertz CT molecular complexity index is 829. The molecule has 0 aliphatic carbocycles.